The molecule has 0 bridgehead atoms. The fourth-order valence-corrected chi connectivity index (χ4v) is 5.28. The molecule has 1 aromatic heterocycles. The molecule has 2 aromatic rings. The summed E-state index contributed by atoms with van der Waals surface area (Å²) in [6, 6.07) is 8.16. The maximum atomic E-state index is 13.6. The second-order valence-corrected chi connectivity index (χ2v) is 9.56. The predicted molar refractivity (Wildman–Crippen MR) is 130 cm³/mol. The summed E-state index contributed by atoms with van der Waals surface area (Å²) in [6.45, 7) is 3.58. The highest BCUT2D eigenvalue weighted by atomic mass is 32.1. The number of unbranched alkanes of at least 4 members (excludes halogenated alkanes) is 4. The molecule has 5 nitrogen and oxygen atoms in total. The third kappa shape index (κ3) is 6.87. The molecule has 3 rings (SSSR count). The van der Waals surface area contributed by atoms with E-state index in [1.807, 2.05) is 10.3 Å². The SMILES string of the molecule is CCCCCCCC(=O)N(CCOC)CC(=O)N1CCc2sccc2[C@@H]1c1ccc(F)cc1. The van der Waals surface area contributed by atoms with Gasteiger partial charge in [-0.25, -0.2) is 4.39 Å². The van der Waals surface area contributed by atoms with Gasteiger partial charge < -0.3 is 14.5 Å². The van der Waals surface area contributed by atoms with Crippen molar-refractivity contribution in [3.63, 3.8) is 0 Å². The van der Waals surface area contributed by atoms with Crippen molar-refractivity contribution in [3.05, 3.63) is 57.5 Å². The molecule has 7 heteroatoms. The molecule has 0 radical (unpaired) electrons. The van der Waals surface area contributed by atoms with Gasteiger partial charge in [0, 0.05) is 31.5 Å². The molecule has 0 saturated heterocycles. The molecule has 0 N–H and O–H groups in total. The Morgan fingerprint density at radius 2 is 1.91 bits per heavy atom. The number of carbonyl (C=O) groups excluding carboxylic acids is 2. The highest BCUT2D eigenvalue weighted by molar-refractivity contribution is 7.10. The molecule has 2 heterocycles. The number of hydrogen-bond acceptors (Lipinski definition) is 4. The molecule has 1 aromatic carbocycles. The van der Waals surface area contributed by atoms with E-state index in [0.29, 0.717) is 26.1 Å². The molecule has 1 atom stereocenters. The van der Waals surface area contributed by atoms with Gasteiger partial charge in [-0.05, 0) is 47.5 Å². The molecule has 0 aliphatic carbocycles. The number of carbonyl (C=O) groups is 2. The van der Waals surface area contributed by atoms with Crippen LogP contribution in [0.2, 0.25) is 0 Å². The Kier molecular flexibility index (Phi) is 9.88. The Labute approximate surface area is 200 Å². The number of fused-ring (bicyclic) bond motifs is 1. The first-order valence-electron chi connectivity index (χ1n) is 11.9. The van der Waals surface area contributed by atoms with Gasteiger partial charge in [-0.1, -0.05) is 44.7 Å². The van der Waals surface area contributed by atoms with Crippen LogP contribution in [0.5, 0.6) is 0 Å². The number of methoxy groups -OCH3 is 1. The lowest BCUT2D eigenvalue weighted by atomic mass is 9.93. The van der Waals surface area contributed by atoms with E-state index in [1.165, 1.54) is 29.9 Å². The van der Waals surface area contributed by atoms with E-state index in [1.54, 1.807) is 35.5 Å². The van der Waals surface area contributed by atoms with Crippen LogP contribution in [0.25, 0.3) is 0 Å². The molecule has 1 aliphatic heterocycles. The summed E-state index contributed by atoms with van der Waals surface area (Å²) in [4.78, 5) is 31.1. The van der Waals surface area contributed by atoms with Gasteiger partial charge in [-0.2, -0.15) is 0 Å². The van der Waals surface area contributed by atoms with Crippen molar-refractivity contribution in [2.75, 3.05) is 33.4 Å². The van der Waals surface area contributed by atoms with E-state index in [2.05, 4.69) is 13.0 Å². The van der Waals surface area contributed by atoms with E-state index >= 15 is 0 Å². The monoisotopic (exact) mass is 474 g/mol. The third-order valence-corrected chi connectivity index (χ3v) is 7.21. The lowest BCUT2D eigenvalue weighted by Crippen LogP contribution is -2.47. The van der Waals surface area contributed by atoms with Crippen molar-refractivity contribution in [2.45, 2.75) is 57.9 Å². The standard InChI is InChI=1S/C26H35FN2O3S/c1-3-4-5-6-7-8-24(30)28(16-17-32-2)19-25(31)29-15-13-23-22(14-18-33-23)26(29)20-9-11-21(27)12-10-20/h9-12,14,18,26H,3-8,13,15-17,19H2,1-2H3/t26-/m0/s1. The van der Waals surface area contributed by atoms with E-state index in [0.717, 1.165) is 36.8 Å². The van der Waals surface area contributed by atoms with Gasteiger partial charge in [-0.15, -0.1) is 11.3 Å². The van der Waals surface area contributed by atoms with Gasteiger partial charge in [0.1, 0.15) is 5.82 Å². The molecule has 33 heavy (non-hydrogen) atoms. The Hall–Kier alpha value is -2.25. The maximum Gasteiger partial charge on any atom is 0.242 e. The van der Waals surface area contributed by atoms with Crippen molar-refractivity contribution in [1.82, 2.24) is 9.80 Å². The number of nitrogens with zero attached hydrogens (tertiary/aromatic N) is 2. The van der Waals surface area contributed by atoms with Crippen molar-refractivity contribution < 1.29 is 18.7 Å². The lowest BCUT2D eigenvalue weighted by Gasteiger charge is -2.37. The number of halogens is 1. The zero-order valence-electron chi connectivity index (χ0n) is 19.7. The normalized spacial score (nSPS) is 15.4. The summed E-state index contributed by atoms with van der Waals surface area (Å²) < 4.78 is 18.8. The van der Waals surface area contributed by atoms with Crippen LogP contribution in [0, 0.1) is 5.82 Å². The fourth-order valence-electron chi connectivity index (χ4n) is 4.38. The second-order valence-electron chi connectivity index (χ2n) is 8.56. The molecule has 0 spiro atoms. The molecule has 2 amide bonds. The third-order valence-electron chi connectivity index (χ3n) is 6.21. The first-order chi connectivity index (χ1) is 16.0. The predicted octanol–water partition coefficient (Wildman–Crippen LogP) is 5.20. The largest absolute Gasteiger partial charge is 0.383 e. The Morgan fingerprint density at radius 3 is 2.64 bits per heavy atom. The highest BCUT2D eigenvalue weighted by Gasteiger charge is 2.33. The van der Waals surface area contributed by atoms with Gasteiger partial charge in [-0.3, -0.25) is 9.59 Å². The molecule has 0 fully saturated rings. The van der Waals surface area contributed by atoms with Crippen molar-refractivity contribution in [3.8, 4) is 0 Å². The van der Waals surface area contributed by atoms with Gasteiger partial charge in [0.15, 0.2) is 0 Å². The number of thiophene rings is 1. The van der Waals surface area contributed by atoms with Crippen LogP contribution in [-0.4, -0.2) is 55.0 Å². The Balaban J connectivity index is 1.72. The van der Waals surface area contributed by atoms with E-state index in [9.17, 15) is 14.0 Å². The Bertz CT molecular complexity index is 899. The number of rotatable bonds is 12. The second kappa shape index (κ2) is 12.8. The van der Waals surface area contributed by atoms with E-state index in [4.69, 9.17) is 4.74 Å². The van der Waals surface area contributed by atoms with Crippen LogP contribution < -0.4 is 0 Å². The molecule has 180 valence electrons. The van der Waals surface area contributed by atoms with Crippen molar-refractivity contribution in [1.29, 1.82) is 0 Å². The molecular formula is C26H35FN2O3S. The quantitative estimate of drug-likeness (QED) is 0.398. The van der Waals surface area contributed by atoms with E-state index < -0.39 is 0 Å². The average Bonchev–Trinajstić information content (AvgIpc) is 3.30. The molecule has 1 aliphatic rings. The van der Waals surface area contributed by atoms with Crippen LogP contribution in [0.3, 0.4) is 0 Å². The molecule has 0 unspecified atom stereocenters. The Morgan fingerprint density at radius 1 is 1.15 bits per heavy atom. The van der Waals surface area contributed by atoms with Gasteiger partial charge >= 0.3 is 0 Å². The minimum absolute atomic E-state index is 0.00321. The summed E-state index contributed by atoms with van der Waals surface area (Å²) >= 11 is 1.69. The fraction of sp³-hybridized carbons (Fsp3) is 0.538. The van der Waals surface area contributed by atoms with Gasteiger partial charge in [0.2, 0.25) is 11.8 Å². The first-order valence-corrected chi connectivity index (χ1v) is 12.8. The highest BCUT2D eigenvalue weighted by Crippen LogP contribution is 2.37. The van der Waals surface area contributed by atoms with Crippen LogP contribution in [0.4, 0.5) is 4.39 Å². The molecule has 0 saturated carbocycles. The number of hydrogen-bond donors (Lipinski definition) is 0. The smallest absolute Gasteiger partial charge is 0.242 e. The van der Waals surface area contributed by atoms with Crippen LogP contribution in [0.1, 0.15) is 67.5 Å². The van der Waals surface area contributed by atoms with Crippen LogP contribution in [-0.2, 0) is 20.7 Å². The lowest BCUT2D eigenvalue weighted by molar-refractivity contribution is -0.142. The number of benzene rings is 1. The minimum atomic E-state index is -0.298. The zero-order valence-corrected chi connectivity index (χ0v) is 20.5. The van der Waals surface area contributed by atoms with Crippen molar-refractivity contribution in [2.24, 2.45) is 0 Å². The summed E-state index contributed by atoms with van der Waals surface area (Å²) in [5.41, 5.74) is 1.98. The summed E-state index contributed by atoms with van der Waals surface area (Å²) in [6.07, 6.45) is 6.61. The number of amides is 2. The van der Waals surface area contributed by atoms with Gasteiger partial charge in [0.25, 0.3) is 0 Å². The van der Waals surface area contributed by atoms with Crippen LogP contribution >= 0.6 is 11.3 Å². The van der Waals surface area contributed by atoms with Gasteiger partial charge in [0.05, 0.1) is 19.2 Å². The number of ether oxygens (including phenoxy) is 1. The zero-order chi connectivity index (χ0) is 23.6. The summed E-state index contributed by atoms with van der Waals surface area (Å²) in [5, 5.41) is 2.04. The summed E-state index contributed by atoms with van der Waals surface area (Å²) in [7, 11) is 1.60. The maximum absolute atomic E-state index is 13.6. The first kappa shape index (κ1) is 25.4. The van der Waals surface area contributed by atoms with E-state index in [-0.39, 0.29) is 30.2 Å². The van der Waals surface area contributed by atoms with Crippen molar-refractivity contribution >= 4 is 23.2 Å². The topological polar surface area (TPSA) is 49.9 Å². The minimum Gasteiger partial charge on any atom is -0.383 e. The average molecular weight is 475 g/mol. The summed E-state index contributed by atoms with van der Waals surface area (Å²) in [5.74, 6) is -0.381. The molecular weight excluding hydrogens is 439 g/mol. The van der Waals surface area contributed by atoms with Crippen LogP contribution in [0.15, 0.2) is 35.7 Å².